The molecule has 92 valence electrons. The third-order valence-electron chi connectivity index (χ3n) is 2.10. The number of ether oxygens (including phenoxy) is 1. The molecule has 0 aliphatic rings. The van der Waals surface area contributed by atoms with Crippen LogP contribution in [-0.4, -0.2) is 30.1 Å². The minimum absolute atomic E-state index is 0.0743. The summed E-state index contributed by atoms with van der Waals surface area (Å²) in [5.74, 6) is 0. The summed E-state index contributed by atoms with van der Waals surface area (Å²) in [7, 11) is 0. The lowest BCUT2D eigenvalue weighted by Gasteiger charge is -2.26. The van der Waals surface area contributed by atoms with E-state index in [-0.39, 0.29) is 12.1 Å². The van der Waals surface area contributed by atoms with Crippen molar-refractivity contribution in [2.75, 3.05) is 13.1 Å². The molecule has 0 radical (unpaired) electrons. The van der Waals surface area contributed by atoms with E-state index in [1.807, 2.05) is 32.6 Å². The second-order valence-electron chi connectivity index (χ2n) is 4.41. The van der Waals surface area contributed by atoms with Gasteiger partial charge < -0.3 is 9.64 Å². The predicted octanol–water partition coefficient (Wildman–Crippen LogP) is 3.19. The minimum Gasteiger partial charge on any atom is -0.462 e. The zero-order chi connectivity index (χ0) is 12.7. The summed E-state index contributed by atoms with van der Waals surface area (Å²) in [5.41, 5.74) is 2.03. The molecule has 0 aromatic heterocycles. The first-order chi connectivity index (χ1) is 7.36. The molecule has 0 aliphatic heterocycles. The summed E-state index contributed by atoms with van der Waals surface area (Å²) >= 11 is 0. The van der Waals surface area contributed by atoms with E-state index in [2.05, 4.69) is 13.2 Å². The summed E-state index contributed by atoms with van der Waals surface area (Å²) in [5, 5.41) is 7.89. The topological polar surface area (TPSA) is 36.3 Å². The summed E-state index contributed by atoms with van der Waals surface area (Å²) in [6.07, 6.45) is 0.973. The van der Waals surface area contributed by atoms with E-state index in [0.29, 0.717) is 13.1 Å². The number of hydrogen-bond acceptors (Lipinski definition) is 2. The Morgan fingerprint density at radius 3 is 2.00 bits per heavy atom. The van der Waals surface area contributed by atoms with E-state index in [1.54, 1.807) is 0 Å². The Hall–Kier alpha value is -1.25. The van der Waals surface area contributed by atoms with Crippen LogP contribution in [0.4, 0.5) is 0 Å². The number of hydrogen-bond donors (Lipinski definition) is 1. The summed E-state index contributed by atoms with van der Waals surface area (Å²) in [6, 6.07) is 0.209. The molecule has 0 amide bonds. The van der Waals surface area contributed by atoms with Gasteiger partial charge in [-0.25, -0.2) is 0 Å². The summed E-state index contributed by atoms with van der Waals surface area (Å²) in [6.45, 7) is 16.9. The molecule has 0 aromatic carbocycles. The Kier molecular flexibility index (Phi) is 6.54. The molecule has 0 heterocycles. The van der Waals surface area contributed by atoms with Crippen molar-refractivity contribution in [3.05, 3.63) is 24.3 Å². The van der Waals surface area contributed by atoms with Gasteiger partial charge in [0.25, 0.3) is 6.02 Å². The number of rotatable bonds is 6. The molecule has 0 saturated heterocycles. The molecule has 0 spiro atoms. The standard InChI is InChI=1S/C13H24N2O/c1-7-12(6)16-13(14)15(8-10(2)3)9-11(4)5/h12,14H,2,4,7-9H2,1,3,5-6H3/t12-/m1/s1. The van der Waals surface area contributed by atoms with Gasteiger partial charge in [-0.3, -0.25) is 5.41 Å². The fourth-order valence-corrected chi connectivity index (χ4v) is 1.20. The fourth-order valence-electron chi connectivity index (χ4n) is 1.20. The van der Waals surface area contributed by atoms with Gasteiger partial charge in [0.15, 0.2) is 0 Å². The first-order valence-corrected chi connectivity index (χ1v) is 5.65. The van der Waals surface area contributed by atoms with Crippen LogP contribution in [-0.2, 0) is 4.74 Å². The quantitative estimate of drug-likeness (QED) is 0.427. The molecular formula is C13H24N2O. The zero-order valence-corrected chi connectivity index (χ0v) is 11.0. The van der Waals surface area contributed by atoms with Crippen LogP contribution in [0, 0.1) is 5.41 Å². The molecular weight excluding hydrogens is 200 g/mol. The van der Waals surface area contributed by atoms with Crippen LogP contribution in [0.3, 0.4) is 0 Å². The Labute approximate surface area is 99.3 Å². The largest absolute Gasteiger partial charge is 0.462 e. The maximum atomic E-state index is 7.89. The van der Waals surface area contributed by atoms with Crippen molar-refractivity contribution in [2.24, 2.45) is 0 Å². The molecule has 3 nitrogen and oxygen atoms in total. The van der Waals surface area contributed by atoms with Crippen LogP contribution >= 0.6 is 0 Å². The van der Waals surface area contributed by atoms with E-state index in [1.165, 1.54) is 0 Å². The molecule has 0 fully saturated rings. The number of amidine groups is 1. The molecule has 0 unspecified atom stereocenters. The first kappa shape index (κ1) is 14.8. The third kappa shape index (κ3) is 6.27. The number of nitrogens with zero attached hydrogens (tertiary/aromatic N) is 1. The van der Waals surface area contributed by atoms with Crippen LogP contribution in [0.5, 0.6) is 0 Å². The average molecular weight is 224 g/mol. The normalized spacial score (nSPS) is 11.8. The van der Waals surface area contributed by atoms with Crippen LogP contribution in [0.2, 0.25) is 0 Å². The van der Waals surface area contributed by atoms with Crippen LogP contribution < -0.4 is 0 Å². The fraction of sp³-hybridized carbons (Fsp3) is 0.615. The summed E-state index contributed by atoms with van der Waals surface area (Å²) < 4.78 is 5.49. The molecule has 3 heteroatoms. The predicted molar refractivity (Wildman–Crippen MR) is 69.8 cm³/mol. The Balaban J connectivity index is 4.42. The van der Waals surface area contributed by atoms with Crippen molar-refractivity contribution >= 4 is 6.02 Å². The van der Waals surface area contributed by atoms with Gasteiger partial charge >= 0.3 is 0 Å². The van der Waals surface area contributed by atoms with E-state index in [9.17, 15) is 0 Å². The maximum absolute atomic E-state index is 7.89. The van der Waals surface area contributed by atoms with Gasteiger partial charge in [-0.1, -0.05) is 31.2 Å². The molecule has 0 bridgehead atoms. The number of nitrogens with one attached hydrogen (secondary N) is 1. The minimum atomic E-state index is 0.0743. The van der Waals surface area contributed by atoms with Gasteiger partial charge in [-0.05, 0) is 27.2 Å². The lowest BCUT2D eigenvalue weighted by molar-refractivity contribution is 0.162. The molecule has 0 aromatic rings. The van der Waals surface area contributed by atoms with Crippen molar-refractivity contribution in [3.8, 4) is 0 Å². The van der Waals surface area contributed by atoms with Gasteiger partial charge in [0.1, 0.15) is 0 Å². The Bertz CT molecular complexity index is 255. The molecule has 1 N–H and O–H groups in total. The van der Waals surface area contributed by atoms with Crippen LogP contribution in [0.15, 0.2) is 24.3 Å². The van der Waals surface area contributed by atoms with E-state index < -0.39 is 0 Å². The Morgan fingerprint density at radius 2 is 1.69 bits per heavy atom. The summed E-state index contributed by atoms with van der Waals surface area (Å²) in [4.78, 5) is 1.84. The van der Waals surface area contributed by atoms with Crippen molar-refractivity contribution < 1.29 is 4.74 Å². The monoisotopic (exact) mass is 224 g/mol. The lowest BCUT2D eigenvalue weighted by atomic mass is 10.2. The van der Waals surface area contributed by atoms with Gasteiger partial charge in [-0.2, -0.15) is 0 Å². The highest BCUT2D eigenvalue weighted by molar-refractivity contribution is 5.71. The molecule has 0 saturated carbocycles. The third-order valence-corrected chi connectivity index (χ3v) is 2.10. The van der Waals surface area contributed by atoms with Gasteiger partial charge in [-0.15, -0.1) is 0 Å². The van der Waals surface area contributed by atoms with E-state index in [4.69, 9.17) is 10.1 Å². The van der Waals surface area contributed by atoms with E-state index in [0.717, 1.165) is 17.6 Å². The zero-order valence-electron chi connectivity index (χ0n) is 11.0. The van der Waals surface area contributed by atoms with Gasteiger partial charge in [0.2, 0.25) is 0 Å². The smallest absolute Gasteiger partial charge is 0.285 e. The SMILES string of the molecule is C=C(C)CN(CC(=C)C)C(=N)O[C@H](C)CC. The van der Waals surface area contributed by atoms with Crippen molar-refractivity contribution in [1.29, 1.82) is 5.41 Å². The van der Waals surface area contributed by atoms with E-state index >= 15 is 0 Å². The van der Waals surface area contributed by atoms with Crippen molar-refractivity contribution in [1.82, 2.24) is 4.90 Å². The van der Waals surface area contributed by atoms with Gasteiger partial charge in [0, 0.05) is 13.1 Å². The van der Waals surface area contributed by atoms with Crippen LogP contribution in [0.25, 0.3) is 0 Å². The highest BCUT2D eigenvalue weighted by Crippen LogP contribution is 2.05. The highest BCUT2D eigenvalue weighted by Gasteiger charge is 2.13. The molecule has 0 aliphatic carbocycles. The average Bonchev–Trinajstić information content (AvgIpc) is 2.15. The Morgan fingerprint density at radius 1 is 1.25 bits per heavy atom. The second-order valence-corrected chi connectivity index (χ2v) is 4.41. The molecule has 1 atom stereocenters. The lowest BCUT2D eigenvalue weighted by Crippen LogP contribution is -2.36. The van der Waals surface area contributed by atoms with Gasteiger partial charge in [0.05, 0.1) is 6.10 Å². The maximum Gasteiger partial charge on any atom is 0.285 e. The second kappa shape index (κ2) is 7.09. The van der Waals surface area contributed by atoms with Crippen molar-refractivity contribution in [3.63, 3.8) is 0 Å². The molecule has 0 rings (SSSR count). The molecule has 16 heavy (non-hydrogen) atoms. The first-order valence-electron chi connectivity index (χ1n) is 5.65. The highest BCUT2D eigenvalue weighted by atomic mass is 16.5. The van der Waals surface area contributed by atoms with Crippen molar-refractivity contribution in [2.45, 2.75) is 40.2 Å². The van der Waals surface area contributed by atoms with Crippen LogP contribution in [0.1, 0.15) is 34.1 Å².